The number of aromatic nitrogens is 3. The van der Waals surface area contributed by atoms with Crippen LogP contribution in [0.15, 0.2) is 54.2 Å². The molecule has 10 heteroatoms. The number of pyridine rings is 1. The Morgan fingerprint density at radius 3 is 2.77 bits per heavy atom. The summed E-state index contributed by atoms with van der Waals surface area (Å²) in [6.45, 7) is 3.09. The molecule has 0 aliphatic carbocycles. The second kappa shape index (κ2) is 8.25. The molecular weight excluding hydrogens is 416 g/mol. The first-order chi connectivity index (χ1) is 15.2. The monoisotopic (exact) mass is 434 g/mol. The van der Waals surface area contributed by atoms with Crippen LogP contribution in [-0.4, -0.2) is 46.2 Å². The molecule has 4 heterocycles. The highest BCUT2D eigenvalue weighted by Gasteiger charge is 2.14. The number of fused-ring (bicyclic) bond motifs is 1. The Bertz CT molecular complexity index is 1240. The van der Waals surface area contributed by atoms with Crippen molar-refractivity contribution in [2.75, 3.05) is 36.5 Å². The van der Waals surface area contributed by atoms with Gasteiger partial charge in [-0.15, -0.1) is 11.3 Å². The van der Waals surface area contributed by atoms with Gasteiger partial charge in [0, 0.05) is 36.2 Å². The van der Waals surface area contributed by atoms with Crippen LogP contribution in [0.5, 0.6) is 0 Å². The van der Waals surface area contributed by atoms with Crippen LogP contribution in [0.25, 0.3) is 21.3 Å². The molecule has 1 N–H and O–H groups in total. The van der Waals surface area contributed by atoms with Crippen molar-refractivity contribution in [3.63, 3.8) is 0 Å². The van der Waals surface area contributed by atoms with Gasteiger partial charge in [0.1, 0.15) is 5.82 Å². The standard InChI is InChI=1S/C21H18N6O3S/c28-27(29)16-3-1-2-14(10-16)17-13-31-18-12-23-21(25-20(17)18)24-15-4-5-19(22-11-15)26-6-8-30-9-7-26/h1-5,10-13H,6-9H2,(H,23,24,25). The molecule has 1 aliphatic rings. The zero-order chi connectivity index (χ0) is 21.2. The second-order valence-corrected chi connectivity index (χ2v) is 7.90. The Hall–Kier alpha value is -3.63. The number of benzene rings is 1. The van der Waals surface area contributed by atoms with Crippen molar-refractivity contribution < 1.29 is 9.66 Å². The largest absolute Gasteiger partial charge is 0.378 e. The van der Waals surface area contributed by atoms with E-state index in [0.717, 1.165) is 45.9 Å². The SMILES string of the molecule is O=[N+]([O-])c1cccc(-c2csc3cnc(Nc4ccc(N5CCOCC5)nc4)nc23)c1. The lowest BCUT2D eigenvalue weighted by atomic mass is 10.1. The molecule has 9 nitrogen and oxygen atoms in total. The lowest BCUT2D eigenvalue weighted by Gasteiger charge is -2.27. The molecule has 3 aromatic heterocycles. The van der Waals surface area contributed by atoms with Gasteiger partial charge in [0.25, 0.3) is 5.69 Å². The van der Waals surface area contributed by atoms with Gasteiger partial charge in [0.05, 0.1) is 46.4 Å². The summed E-state index contributed by atoms with van der Waals surface area (Å²) in [5, 5.41) is 16.3. The highest BCUT2D eigenvalue weighted by molar-refractivity contribution is 7.17. The maximum absolute atomic E-state index is 11.1. The molecule has 156 valence electrons. The number of nitro benzene ring substituents is 1. The molecule has 5 rings (SSSR count). The first-order valence-corrected chi connectivity index (χ1v) is 10.6. The van der Waals surface area contributed by atoms with Crippen LogP contribution in [0.2, 0.25) is 0 Å². The quantitative estimate of drug-likeness (QED) is 0.367. The predicted molar refractivity (Wildman–Crippen MR) is 120 cm³/mol. The van der Waals surface area contributed by atoms with Gasteiger partial charge in [0.15, 0.2) is 0 Å². The van der Waals surface area contributed by atoms with E-state index in [4.69, 9.17) is 4.74 Å². The van der Waals surface area contributed by atoms with Crippen LogP contribution >= 0.6 is 11.3 Å². The summed E-state index contributed by atoms with van der Waals surface area (Å²) in [4.78, 5) is 26.5. The highest BCUT2D eigenvalue weighted by atomic mass is 32.1. The van der Waals surface area contributed by atoms with Crippen molar-refractivity contribution in [1.29, 1.82) is 0 Å². The minimum absolute atomic E-state index is 0.0516. The van der Waals surface area contributed by atoms with Crippen LogP contribution in [0.1, 0.15) is 0 Å². The van der Waals surface area contributed by atoms with E-state index in [1.54, 1.807) is 24.5 Å². The minimum atomic E-state index is -0.395. The average molecular weight is 434 g/mol. The summed E-state index contributed by atoms with van der Waals surface area (Å²) in [5.74, 6) is 1.36. The van der Waals surface area contributed by atoms with Crippen LogP contribution in [-0.2, 0) is 4.74 Å². The fourth-order valence-electron chi connectivity index (χ4n) is 3.45. The molecule has 0 saturated carbocycles. The van der Waals surface area contributed by atoms with E-state index in [0.29, 0.717) is 19.2 Å². The van der Waals surface area contributed by atoms with Crippen molar-refractivity contribution in [2.24, 2.45) is 0 Å². The fraction of sp³-hybridized carbons (Fsp3) is 0.190. The predicted octanol–water partition coefficient (Wildman–Crippen LogP) is 4.24. The number of nitrogens with one attached hydrogen (secondary N) is 1. The number of morpholine rings is 1. The number of thiophene rings is 1. The molecule has 1 fully saturated rings. The summed E-state index contributed by atoms with van der Waals surface area (Å²) in [7, 11) is 0. The van der Waals surface area contributed by atoms with Crippen LogP contribution in [0.3, 0.4) is 0 Å². The van der Waals surface area contributed by atoms with E-state index in [2.05, 4.69) is 25.2 Å². The molecule has 4 aromatic rings. The van der Waals surface area contributed by atoms with Gasteiger partial charge < -0.3 is 15.0 Å². The maximum Gasteiger partial charge on any atom is 0.270 e. The van der Waals surface area contributed by atoms with Gasteiger partial charge in [-0.05, 0) is 17.7 Å². The van der Waals surface area contributed by atoms with E-state index in [-0.39, 0.29) is 5.69 Å². The number of hydrogen-bond donors (Lipinski definition) is 1. The van der Waals surface area contributed by atoms with Crippen molar-refractivity contribution in [2.45, 2.75) is 0 Å². The topological polar surface area (TPSA) is 106 Å². The third-order valence-corrected chi connectivity index (χ3v) is 5.93. The van der Waals surface area contributed by atoms with Gasteiger partial charge in [-0.25, -0.2) is 15.0 Å². The van der Waals surface area contributed by atoms with Crippen molar-refractivity contribution >= 4 is 44.7 Å². The lowest BCUT2D eigenvalue weighted by Crippen LogP contribution is -2.36. The number of hydrogen-bond acceptors (Lipinski definition) is 9. The molecule has 1 aromatic carbocycles. The first-order valence-electron chi connectivity index (χ1n) is 9.72. The zero-order valence-electron chi connectivity index (χ0n) is 16.4. The van der Waals surface area contributed by atoms with E-state index in [9.17, 15) is 10.1 Å². The molecule has 0 radical (unpaired) electrons. The van der Waals surface area contributed by atoms with E-state index < -0.39 is 4.92 Å². The van der Waals surface area contributed by atoms with Crippen LogP contribution in [0, 0.1) is 10.1 Å². The number of rotatable bonds is 5. The van der Waals surface area contributed by atoms with Gasteiger partial charge in [-0.3, -0.25) is 10.1 Å². The third kappa shape index (κ3) is 4.03. The molecule has 1 aliphatic heterocycles. The smallest absolute Gasteiger partial charge is 0.270 e. The number of anilines is 3. The molecule has 0 unspecified atom stereocenters. The normalized spacial score (nSPS) is 14.0. The third-order valence-electron chi connectivity index (χ3n) is 5.02. The Morgan fingerprint density at radius 1 is 1.13 bits per heavy atom. The van der Waals surface area contributed by atoms with Gasteiger partial charge in [-0.1, -0.05) is 12.1 Å². The Kier molecular flexibility index (Phi) is 5.14. The highest BCUT2D eigenvalue weighted by Crippen LogP contribution is 2.34. The first kappa shape index (κ1) is 19.3. The number of ether oxygens (including phenoxy) is 1. The van der Waals surface area contributed by atoms with Gasteiger partial charge >= 0.3 is 0 Å². The number of nitrogens with zero attached hydrogens (tertiary/aromatic N) is 5. The molecule has 0 atom stereocenters. The maximum atomic E-state index is 11.1. The summed E-state index contributed by atoms with van der Waals surface area (Å²) >= 11 is 1.51. The van der Waals surface area contributed by atoms with Crippen LogP contribution in [0.4, 0.5) is 23.1 Å². The summed E-state index contributed by atoms with van der Waals surface area (Å²) in [6, 6.07) is 10.5. The Balaban J connectivity index is 1.40. The zero-order valence-corrected chi connectivity index (χ0v) is 17.2. The molecule has 0 bridgehead atoms. The summed E-state index contributed by atoms with van der Waals surface area (Å²) in [5.41, 5.74) is 3.18. The fourth-order valence-corrected chi connectivity index (χ4v) is 4.32. The summed E-state index contributed by atoms with van der Waals surface area (Å²) < 4.78 is 6.29. The van der Waals surface area contributed by atoms with E-state index in [1.807, 2.05) is 23.6 Å². The Labute approximate surface area is 181 Å². The van der Waals surface area contributed by atoms with E-state index >= 15 is 0 Å². The van der Waals surface area contributed by atoms with Gasteiger partial charge in [-0.2, -0.15) is 0 Å². The minimum Gasteiger partial charge on any atom is -0.378 e. The van der Waals surface area contributed by atoms with Crippen LogP contribution < -0.4 is 10.2 Å². The molecule has 31 heavy (non-hydrogen) atoms. The second-order valence-electron chi connectivity index (χ2n) is 6.99. The molecule has 0 spiro atoms. The summed E-state index contributed by atoms with van der Waals surface area (Å²) in [6.07, 6.45) is 3.51. The van der Waals surface area contributed by atoms with E-state index in [1.165, 1.54) is 17.4 Å². The van der Waals surface area contributed by atoms with Crippen molar-refractivity contribution in [3.8, 4) is 11.1 Å². The van der Waals surface area contributed by atoms with Crippen molar-refractivity contribution in [3.05, 3.63) is 64.3 Å². The molecule has 0 amide bonds. The Morgan fingerprint density at radius 2 is 2.00 bits per heavy atom. The van der Waals surface area contributed by atoms with Crippen molar-refractivity contribution in [1.82, 2.24) is 15.0 Å². The molecular formula is C21H18N6O3S. The number of non-ortho nitro benzene ring substituents is 1. The lowest BCUT2D eigenvalue weighted by molar-refractivity contribution is -0.384. The number of nitro groups is 1. The average Bonchev–Trinajstić information content (AvgIpc) is 3.23. The van der Waals surface area contributed by atoms with Gasteiger partial charge in [0.2, 0.25) is 5.95 Å². The molecule has 1 saturated heterocycles.